The molecule has 4 aliphatic rings. The molecular formula is C29H37NO10. The Hall–Kier alpha value is -2.96. The number of carbonyl (C=O) groups excluding carboxylic acids is 1. The normalized spacial score (nSPS) is 36.5. The quantitative estimate of drug-likeness (QED) is 0.219. The molecular weight excluding hydrogens is 522 g/mol. The Balaban J connectivity index is 1.50. The number of esters is 1. The highest BCUT2D eigenvalue weighted by atomic mass is 16.7. The van der Waals surface area contributed by atoms with Gasteiger partial charge in [0.05, 0.1) is 31.6 Å². The van der Waals surface area contributed by atoms with Crippen molar-refractivity contribution in [1.29, 1.82) is 0 Å². The van der Waals surface area contributed by atoms with Gasteiger partial charge in [-0.2, -0.15) is 0 Å². The highest BCUT2D eigenvalue weighted by molar-refractivity contribution is 5.90. The zero-order chi connectivity index (χ0) is 29.0. The number of aliphatic hydroxyl groups is 3. The number of hydrogen-bond acceptors (Lipinski definition) is 9. The Morgan fingerprint density at radius 3 is 2.73 bits per heavy atom. The molecule has 40 heavy (non-hydrogen) atoms. The van der Waals surface area contributed by atoms with Gasteiger partial charge in [-0.05, 0) is 36.8 Å². The van der Waals surface area contributed by atoms with Crippen molar-refractivity contribution in [1.82, 2.24) is 4.98 Å². The molecule has 0 aromatic carbocycles. The number of methoxy groups -OCH3 is 1. The molecule has 8 atom stereocenters. The van der Waals surface area contributed by atoms with Gasteiger partial charge in [0.15, 0.2) is 11.9 Å². The molecule has 0 radical (unpaired) electrons. The molecule has 0 amide bonds. The molecule has 218 valence electrons. The van der Waals surface area contributed by atoms with Gasteiger partial charge in [0.2, 0.25) is 0 Å². The molecule has 1 saturated carbocycles. The van der Waals surface area contributed by atoms with Crippen LogP contribution < -0.4 is 10.6 Å². The van der Waals surface area contributed by atoms with Crippen LogP contribution in [0.2, 0.25) is 0 Å². The average molecular weight is 560 g/mol. The monoisotopic (exact) mass is 559 g/mol. The van der Waals surface area contributed by atoms with E-state index in [4.69, 9.17) is 18.9 Å². The predicted molar refractivity (Wildman–Crippen MR) is 141 cm³/mol. The van der Waals surface area contributed by atoms with Gasteiger partial charge in [0, 0.05) is 28.3 Å². The lowest BCUT2D eigenvalue weighted by Gasteiger charge is -2.59. The number of hydrogen-bond donors (Lipinski definition) is 5. The second-order valence-electron chi connectivity index (χ2n) is 11.3. The molecule has 2 aliphatic heterocycles. The number of carbonyl (C=O) groups is 2. The fraction of sp³-hybridized carbons (Fsp3) is 0.586. The van der Waals surface area contributed by atoms with Crippen molar-refractivity contribution in [3.63, 3.8) is 0 Å². The van der Waals surface area contributed by atoms with Crippen LogP contribution in [0.25, 0.3) is 11.8 Å². The number of aromatic amines is 1. The lowest BCUT2D eigenvalue weighted by atomic mass is 9.63. The van der Waals surface area contributed by atoms with Crippen LogP contribution in [-0.2, 0) is 28.5 Å². The van der Waals surface area contributed by atoms with Crippen LogP contribution in [0, 0.1) is 11.8 Å². The maximum atomic E-state index is 12.4. The van der Waals surface area contributed by atoms with E-state index in [-0.39, 0.29) is 30.8 Å². The van der Waals surface area contributed by atoms with Crippen LogP contribution in [0.4, 0.5) is 0 Å². The Bertz CT molecular complexity index is 1350. The van der Waals surface area contributed by atoms with E-state index < -0.39 is 66.2 Å². The van der Waals surface area contributed by atoms with E-state index in [0.29, 0.717) is 6.42 Å². The minimum absolute atomic E-state index is 0.0896. The molecule has 1 spiro atoms. The van der Waals surface area contributed by atoms with Gasteiger partial charge in [0.1, 0.15) is 24.1 Å². The Morgan fingerprint density at radius 1 is 1.35 bits per heavy atom. The van der Waals surface area contributed by atoms with Gasteiger partial charge in [-0.25, -0.2) is 4.79 Å². The SMILES string of the molecule is C=C[C@@H]1[C@H](CC(=O)O)C(C(=O)OC)=CC[C@H]1O[C@@H]1O[C@H](CO)[C@]23OC=c4[nH]c(C(C)C)cc4=C2CC[C@@]1(O)[C@H]3O. The van der Waals surface area contributed by atoms with Crippen molar-refractivity contribution in [2.24, 2.45) is 11.8 Å². The fourth-order valence-electron chi connectivity index (χ4n) is 6.79. The first-order valence-corrected chi connectivity index (χ1v) is 13.6. The molecule has 5 N–H and O–H groups in total. The zero-order valence-corrected chi connectivity index (χ0v) is 22.8. The van der Waals surface area contributed by atoms with E-state index in [9.17, 15) is 30.0 Å². The number of fused-ring (bicyclic) bond motifs is 2. The minimum Gasteiger partial charge on any atom is -0.483 e. The zero-order valence-electron chi connectivity index (χ0n) is 22.8. The third kappa shape index (κ3) is 4.22. The van der Waals surface area contributed by atoms with Crippen molar-refractivity contribution in [3.8, 4) is 0 Å². The third-order valence-corrected chi connectivity index (χ3v) is 8.90. The molecule has 1 saturated heterocycles. The number of carboxylic acids is 1. The first kappa shape index (κ1) is 28.6. The summed E-state index contributed by atoms with van der Waals surface area (Å²) in [5.74, 6) is -2.93. The number of H-pyrrole nitrogens is 1. The maximum Gasteiger partial charge on any atom is 0.333 e. The summed E-state index contributed by atoms with van der Waals surface area (Å²) < 4.78 is 23.5. The first-order chi connectivity index (χ1) is 19.0. The number of aliphatic carboxylic acids is 1. The Morgan fingerprint density at radius 2 is 2.10 bits per heavy atom. The number of rotatable bonds is 8. The van der Waals surface area contributed by atoms with E-state index in [2.05, 4.69) is 25.4 Å². The molecule has 11 nitrogen and oxygen atoms in total. The van der Waals surface area contributed by atoms with Gasteiger partial charge < -0.3 is 44.4 Å². The molecule has 0 unspecified atom stereocenters. The van der Waals surface area contributed by atoms with Gasteiger partial charge in [-0.1, -0.05) is 26.0 Å². The topological polar surface area (TPSA) is 168 Å². The molecule has 2 fully saturated rings. The lowest BCUT2D eigenvalue weighted by Crippen LogP contribution is -2.77. The van der Waals surface area contributed by atoms with E-state index in [1.165, 1.54) is 19.4 Å². The van der Waals surface area contributed by atoms with Crippen LogP contribution in [-0.4, -0.2) is 86.9 Å². The fourth-order valence-corrected chi connectivity index (χ4v) is 6.79. The highest BCUT2D eigenvalue weighted by Crippen LogP contribution is 2.52. The Kier molecular flexibility index (Phi) is 7.47. The summed E-state index contributed by atoms with van der Waals surface area (Å²) in [4.78, 5) is 27.4. The summed E-state index contributed by atoms with van der Waals surface area (Å²) >= 11 is 0. The van der Waals surface area contributed by atoms with Crippen molar-refractivity contribution >= 4 is 23.8 Å². The first-order valence-electron chi connectivity index (χ1n) is 13.6. The predicted octanol–water partition coefficient (Wildman–Crippen LogP) is 0.180. The number of aromatic nitrogens is 1. The minimum atomic E-state index is -1.90. The summed E-state index contributed by atoms with van der Waals surface area (Å²) in [5, 5.41) is 45.2. The van der Waals surface area contributed by atoms with E-state index >= 15 is 0 Å². The molecule has 11 heteroatoms. The van der Waals surface area contributed by atoms with Crippen LogP contribution in [0.15, 0.2) is 30.4 Å². The van der Waals surface area contributed by atoms with Gasteiger partial charge in [-0.15, -0.1) is 6.58 Å². The van der Waals surface area contributed by atoms with Gasteiger partial charge >= 0.3 is 11.9 Å². The summed E-state index contributed by atoms with van der Waals surface area (Å²) in [7, 11) is 1.23. The molecule has 5 rings (SSSR count). The van der Waals surface area contributed by atoms with Crippen LogP contribution in [0.5, 0.6) is 0 Å². The lowest BCUT2D eigenvalue weighted by molar-refractivity contribution is -0.371. The second kappa shape index (κ2) is 10.5. The van der Waals surface area contributed by atoms with Crippen molar-refractivity contribution in [2.75, 3.05) is 13.7 Å². The van der Waals surface area contributed by atoms with E-state index in [0.717, 1.165) is 21.8 Å². The van der Waals surface area contributed by atoms with Gasteiger partial charge in [-0.3, -0.25) is 4.79 Å². The third-order valence-electron chi connectivity index (χ3n) is 8.90. The van der Waals surface area contributed by atoms with Gasteiger partial charge in [0.25, 0.3) is 0 Å². The van der Waals surface area contributed by atoms with Crippen molar-refractivity contribution in [3.05, 3.63) is 46.6 Å². The summed E-state index contributed by atoms with van der Waals surface area (Å²) in [6.07, 6.45) is 0.159. The molecule has 3 heterocycles. The van der Waals surface area contributed by atoms with E-state index in [1.807, 2.05) is 6.07 Å². The highest BCUT2D eigenvalue weighted by Gasteiger charge is 2.69. The number of carboxylic acid groups (broad SMARTS) is 1. The van der Waals surface area contributed by atoms with Crippen molar-refractivity contribution in [2.45, 2.75) is 81.3 Å². The largest absolute Gasteiger partial charge is 0.483 e. The summed E-state index contributed by atoms with van der Waals surface area (Å²) in [6, 6.07) is 2.01. The number of ether oxygens (including phenoxy) is 4. The summed E-state index contributed by atoms with van der Waals surface area (Å²) in [5.41, 5.74) is -1.49. The van der Waals surface area contributed by atoms with E-state index in [1.54, 1.807) is 6.08 Å². The van der Waals surface area contributed by atoms with Crippen LogP contribution in [0.3, 0.4) is 0 Å². The summed E-state index contributed by atoms with van der Waals surface area (Å²) in [6.45, 7) is 7.43. The smallest absolute Gasteiger partial charge is 0.333 e. The molecule has 1 aromatic rings. The van der Waals surface area contributed by atoms with Crippen LogP contribution in [0.1, 0.15) is 51.1 Å². The maximum absolute atomic E-state index is 12.4. The average Bonchev–Trinajstić information content (AvgIpc) is 3.36. The molecule has 2 aliphatic carbocycles. The number of nitrogens with one attached hydrogen (secondary N) is 1. The van der Waals surface area contributed by atoms with Crippen LogP contribution >= 0.6 is 0 Å². The standard InChI is InChI=1S/C29H37NO10/c1-5-15-17(11-24(32)33)16(25(34)37-4)6-7-22(15)39-27-28(36)9-8-19-18-10-20(14(2)3)30-21(18)13-38-29(19,26(28)35)23(12-31)40-27/h5-6,10,13-15,17,22-23,26-27,30-31,35-36H,1,7-9,11-12H2,2-4H3,(H,32,33)/t15-,17+,22-,23-,26-,27-,28-,29-/m1/s1. The molecule has 1 aromatic heterocycles. The van der Waals surface area contributed by atoms with Crippen molar-refractivity contribution < 1.29 is 49.0 Å². The Labute approximate surface area is 231 Å². The number of aliphatic hydroxyl groups excluding tert-OH is 2. The second-order valence-corrected chi connectivity index (χ2v) is 11.3. The molecule has 2 bridgehead atoms.